The molecule has 5 aromatic rings. The summed E-state index contributed by atoms with van der Waals surface area (Å²) in [6, 6.07) is 5.86. The first kappa shape index (κ1) is 26.4. The molecule has 15 heteroatoms. The van der Waals surface area contributed by atoms with Crippen molar-refractivity contribution in [1.29, 1.82) is 0 Å². The maximum atomic E-state index is 14.2. The van der Waals surface area contributed by atoms with Crippen molar-refractivity contribution in [2.45, 2.75) is 18.8 Å². The van der Waals surface area contributed by atoms with Crippen molar-refractivity contribution in [2.75, 3.05) is 25.1 Å². The van der Waals surface area contributed by atoms with E-state index in [0.717, 1.165) is 41.1 Å². The van der Waals surface area contributed by atoms with E-state index in [9.17, 15) is 35.9 Å². The van der Waals surface area contributed by atoms with Crippen LogP contribution in [-0.4, -0.2) is 49.6 Å². The molecule has 1 fully saturated rings. The zero-order chi connectivity index (χ0) is 29.2. The number of fused-ring (bicyclic) bond motifs is 2. The van der Waals surface area contributed by atoms with Gasteiger partial charge in [0.05, 0.1) is 36.6 Å². The first-order valence-electron chi connectivity index (χ1n) is 12.1. The number of hydrogen-bond acceptors (Lipinski definition) is 6. The van der Waals surface area contributed by atoms with E-state index in [-0.39, 0.29) is 46.3 Å². The number of imidazole rings is 1. The van der Waals surface area contributed by atoms with Crippen LogP contribution in [-0.2, 0) is 0 Å². The molecule has 41 heavy (non-hydrogen) atoms. The molecule has 5 heterocycles. The van der Waals surface area contributed by atoms with Crippen LogP contribution in [0.5, 0.6) is 5.88 Å². The van der Waals surface area contributed by atoms with Gasteiger partial charge in [-0.1, -0.05) is 0 Å². The first-order valence-corrected chi connectivity index (χ1v) is 12.1. The van der Waals surface area contributed by atoms with Gasteiger partial charge in [-0.15, -0.1) is 0 Å². The number of aromatic nitrogens is 5. The van der Waals surface area contributed by atoms with Crippen molar-refractivity contribution in [1.82, 2.24) is 23.5 Å². The maximum absolute atomic E-state index is 14.2. The highest BCUT2D eigenvalue weighted by Crippen LogP contribution is 2.34. The zero-order valence-electron chi connectivity index (χ0n) is 21.0. The van der Waals surface area contributed by atoms with Crippen molar-refractivity contribution in [3.8, 4) is 17.4 Å². The Labute approximate surface area is 225 Å². The van der Waals surface area contributed by atoms with E-state index in [1.807, 2.05) is 0 Å². The van der Waals surface area contributed by atoms with Crippen LogP contribution in [0.2, 0.25) is 0 Å². The molecular weight excluding hydrogens is 558 g/mol. The summed E-state index contributed by atoms with van der Waals surface area (Å²) in [6.45, 7) is -0.791. The largest absolute Gasteiger partial charge is 0.480 e. The third-order valence-corrected chi connectivity index (χ3v) is 6.84. The van der Waals surface area contributed by atoms with Crippen molar-refractivity contribution in [2.24, 2.45) is 0 Å². The number of hydrogen-bond donors (Lipinski definition) is 0. The van der Waals surface area contributed by atoms with Gasteiger partial charge in [-0.05, 0) is 24.3 Å². The Hall–Kier alpha value is -4.82. The number of anilines is 1. The molecule has 0 unspecified atom stereocenters. The molecule has 0 amide bonds. The number of ether oxygens (including phenoxy) is 1. The van der Waals surface area contributed by atoms with Crippen LogP contribution in [0.3, 0.4) is 0 Å². The smallest absolute Gasteiger partial charge is 0.342 e. The Kier molecular flexibility index (Phi) is 6.04. The average Bonchev–Trinajstić information content (AvgIpc) is 3.51. The fourth-order valence-corrected chi connectivity index (χ4v) is 4.91. The van der Waals surface area contributed by atoms with Crippen LogP contribution >= 0.6 is 0 Å². The fourth-order valence-electron chi connectivity index (χ4n) is 4.91. The van der Waals surface area contributed by atoms with Gasteiger partial charge in [0.1, 0.15) is 34.3 Å². The lowest BCUT2D eigenvalue weighted by Crippen LogP contribution is -2.39. The van der Waals surface area contributed by atoms with Crippen molar-refractivity contribution < 1.29 is 31.1 Å². The predicted molar refractivity (Wildman–Crippen MR) is 135 cm³/mol. The molecule has 6 rings (SSSR count). The molecule has 1 saturated heterocycles. The van der Waals surface area contributed by atoms with Crippen LogP contribution in [0.4, 0.5) is 32.2 Å². The monoisotopic (exact) mass is 576 g/mol. The normalized spacial score (nSPS) is 15.0. The van der Waals surface area contributed by atoms with Crippen molar-refractivity contribution in [3.05, 3.63) is 86.8 Å². The number of benzene rings is 1. The molecule has 1 aliphatic heterocycles. The Morgan fingerprint density at radius 3 is 2.51 bits per heavy atom. The Morgan fingerprint density at radius 1 is 1.05 bits per heavy atom. The summed E-state index contributed by atoms with van der Waals surface area (Å²) < 4.78 is 91.4. The SMILES string of the molecule is COc1nc(N2CCC(F)(F)C2)cc2c1c(=O)n(-c1cnc3cc(F)ccn13)c(=O)n2-c1ccc(F)c(C(F)F)c1. The maximum Gasteiger partial charge on any atom is 0.342 e. The molecule has 9 nitrogen and oxygen atoms in total. The predicted octanol–water partition coefficient (Wildman–Crippen LogP) is 4.25. The fraction of sp³-hybridized carbons (Fsp3) is 0.231. The van der Waals surface area contributed by atoms with Crippen LogP contribution in [0.1, 0.15) is 18.4 Å². The van der Waals surface area contributed by atoms with Crippen LogP contribution in [0, 0.1) is 11.6 Å². The van der Waals surface area contributed by atoms with Gasteiger partial charge < -0.3 is 9.64 Å². The lowest BCUT2D eigenvalue weighted by Gasteiger charge is -2.21. The van der Waals surface area contributed by atoms with Gasteiger partial charge >= 0.3 is 5.69 Å². The third kappa shape index (κ3) is 4.28. The Morgan fingerprint density at radius 2 is 1.83 bits per heavy atom. The molecule has 0 bridgehead atoms. The molecule has 0 atom stereocenters. The van der Waals surface area contributed by atoms with Gasteiger partial charge in [0.15, 0.2) is 0 Å². The van der Waals surface area contributed by atoms with E-state index < -0.39 is 53.8 Å². The van der Waals surface area contributed by atoms with Gasteiger partial charge in [-0.2, -0.15) is 4.98 Å². The summed E-state index contributed by atoms with van der Waals surface area (Å²) >= 11 is 0. The first-order chi connectivity index (χ1) is 19.5. The molecule has 212 valence electrons. The van der Waals surface area contributed by atoms with Crippen molar-refractivity contribution >= 4 is 22.4 Å². The Balaban J connectivity index is 1.73. The second-order valence-electron chi connectivity index (χ2n) is 9.37. The van der Waals surface area contributed by atoms with E-state index in [1.165, 1.54) is 28.7 Å². The van der Waals surface area contributed by atoms with Gasteiger partial charge in [0, 0.05) is 31.3 Å². The quantitative estimate of drug-likeness (QED) is 0.291. The second-order valence-corrected chi connectivity index (χ2v) is 9.37. The summed E-state index contributed by atoms with van der Waals surface area (Å²) in [4.78, 5) is 37.4. The van der Waals surface area contributed by atoms with E-state index in [2.05, 4.69) is 9.97 Å². The number of pyridine rings is 2. The molecule has 0 saturated carbocycles. The second kappa shape index (κ2) is 9.38. The van der Waals surface area contributed by atoms with E-state index in [0.29, 0.717) is 4.57 Å². The van der Waals surface area contributed by atoms with Gasteiger partial charge in [-0.3, -0.25) is 13.8 Å². The lowest BCUT2D eigenvalue weighted by atomic mass is 10.1. The number of nitrogens with zero attached hydrogens (tertiary/aromatic N) is 6. The minimum atomic E-state index is -3.24. The van der Waals surface area contributed by atoms with Crippen molar-refractivity contribution in [3.63, 3.8) is 0 Å². The summed E-state index contributed by atoms with van der Waals surface area (Å²) in [5.74, 6) is -5.40. The van der Waals surface area contributed by atoms with Crippen LogP contribution in [0.25, 0.3) is 28.1 Å². The average molecular weight is 576 g/mol. The molecular formula is C26H18F6N6O3. The highest BCUT2D eigenvalue weighted by atomic mass is 19.3. The van der Waals surface area contributed by atoms with E-state index >= 15 is 0 Å². The number of methoxy groups -OCH3 is 1. The summed E-state index contributed by atoms with van der Waals surface area (Å²) in [7, 11) is 1.17. The van der Waals surface area contributed by atoms with Crippen LogP contribution < -0.4 is 20.9 Å². The third-order valence-electron chi connectivity index (χ3n) is 6.84. The number of alkyl halides is 4. The zero-order valence-corrected chi connectivity index (χ0v) is 21.0. The molecule has 0 N–H and O–H groups in total. The molecule has 0 aliphatic carbocycles. The molecule has 4 aromatic heterocycles. The van der Waals surface area contributed by atoms with Crippen LogP contribution in [0.15, 0.2) is 58.4 Å². The van der Waals surface area contributed by atoms with Gasteiger partial charge in [0.25, 0.3) is 17.9 Å². The summed E-state index contributed by atoms with van der Waals surface area (Å²) in [6.07, 6.45) is -1.35. The van der Waals surface area contributed by atoms with Gasteiger partial charge in [0.2, 0.25) is 5.88 Å². The summed E-state index contributed by atoms with van der Waals surface area (Å²) in [5.41, 5.74) is -3.48. The molecule has 1 aromatic carbocycles. The molecule has 0 spiro atoms. The standard InChI is InChI=1S/C26H18F6N6O3/c1-41-23-21-17(10-19(34-23)35-7-5-26(31,32)12-35)37(14-2-3-16(28)15(9-14)22(29)30)25(40)38(24(21)39)20-11-33-18-8-13(27)4-6-36(18)20/h2-4,6,8-11,22H,5,7,12H2,1H3. The number of halogens is 6. The van der Waals surface area contributed by atoms with E-state index in [4.69, 9.17) is 4.74 Å². The number of rotatable bonds is 5. The lowest BCUT2D eigenvalue weighted by molar-refractivity contribution is 0.0256. The van der Waals surface area contributed by atoms with Gasteiger partial charge in [-0.25, -0.2) is 40.7 Å². The highest BCUT2D eigenvalue weighted by Gasteiger charge is 2.39. The minimum Gasteiger partial charge on any atom is -0.480 e. The molecule has 0 radical (unpaired) electrons. The van der Waals surface area contributed by atoms with E-state index in [1.54, 1.807) is 0 Å². The Bertz CT molecular complexity index is 1970. The molecule has 1 aliphatic rings. The summed E-state index contributed by atoms with van der Waals surface area (Å²) in [5, 5.41) is -0.304. The topological polar surface area (TPSA) is 86.7 Å². The minimum absolute atomic E-state index is 0.0510. The highest BCUT2D eigenvalue weighted by molar-refractivity contribution is 5.87.